The van der Waals surface area contributed by atoms with Gasteiger partial charge in [0.1, 0.15) is 5.75 Å². The molecule has 1 aliphatic rings. The standard InChI is InChI=1S/C26H30N2O3S/c1-30-22-13-11-21(12-14-22)26(20-7-3-2-4-8-20)27-25(29)19-28(17-23-9-5-15-31-23)18-24-10-6-16-32-24/h2-4,6-8,10-14,16,23,26H,5,9,15,17-19H2,1H3,(H,27,29)/t23-,26+/m0/s1. The molecule has 1 aromatic heterocycles. The number of carbonyl (C=O) groups excluding carboxylic acids is 1. The Morgan fingerprint density at radius 3 is 2.56 bits per heavy atom. The van der Waals surface area contributed by atoms with Gasteiger partial charge in [0.05, 0.1) is 25.8 Å². The first-order valence-electron chi connectivity index (χ1n) is 11.1. The van der Waals surface area contributed by atoms with Crippen molar-refractivity contribution in [1.82, 2.24) is 10.2 Å². The molecule has 0 unspecified atom stereocenters. The fourth-order valence-corrected chi connectivity index (χ4v) is 4.84. The van der Waals surface area contributed by atoms with Gasteiger partial charge >= 0.3 is 0 Å². The molecule has 0 spiro atoms. The van der Waals surface area contributed by atoms with Crippen LogP contribution in [-0.4, -0.2) is 43.7 Å². The Kier molecular flexibility index (Phi) is 7.93. The maximum absolute atomic E-state index is 13.2. The van der Waals surface area contributed by atoms with Crippen LogP contribution in [0.15, 0.2) is 72.1 Å². The zero-order chi connectivity index (χ0) is 22.2. The molecular formula is C26H30N2O3S. The van der Waals surface area contributed by atoms with Gasteiger partial charge in [-0.3, -0.25) is 9.69 Å². The van der Waals surface area contributed by atoms with Gasteiger partial charge in [0.15, 0.2) is 0 Å². The van der Waals surface area contributed by atoms with Crippen molar-refractivity contribution in [3.05, 3.63) is 88.1 Å². The first-order chi connectivity index (χ1) is 15.7. The van der Waals surface area contributed by atoms with E-state index in [1.807, 2.05) is 54.6 Å². The van der Waals surface area contributed by atoms with Gasteiger partial charge in [-0.25, -0.2) is 0 Å². The van der Waals surface area contributed by atoms with Gasteiger partial charge in [0.25, 0.3) is 0 Å². The van der Waals surface area contributed by atoms with Crippen molar-refractivity contribution >= 4 is 17.2 Å². The Morgan fingerprint density at radius 2 is 1.91 bits per heavy atom. The Hall–Kier alpha value is -2.67. The highest BCUT2D eigenvalue weighted by molar-refractivity contribution is 7.09. The molecule has 0 saturated carbocycles. The Balaban J connectivity index is 1.48. The van der Waals surface area contributed by atoms with Crippen molar-refractivity contribution < 1.29 is 14.3 Å². The Morgan fingerprint density at radius 1 is 1.12 bits per heavy atom. The summed E-state index contributed by atoms with van der Waals surface area (Å²) >= 11 is 1.72. The van der Waals surface area contributed by atoms with Crippen molar-refractivity contribution in [2.24, 2.45) is 0 Å². The summed E-state index contributed by atoms with van der Waals surface area (Å²) in [4.78, 5) is 16.7. The largest absolute Gasteiger partial charge is 0.497 e. The third-order valence-electron chi connectivity index (χ3n) is 5.70. The molecule has 2 aromatic carbocycles. The van der Waals surface area contributed by atoms with E-state index in [1.165, 1.54) is 4.88 Å². The molecule has 2 heterocycles. The number of methoxy groups -OCH3 is 1. The van der Waals surface area contributed by atoms with E-state index in [2.05, 4.69) is 27.7 Å². The van der Waals surface area contributed by atoms with Crippen LogP contribution in [0.1, 0.15) is 34.9 Å². The zero-order valence-corrected chi connectivity index (χ0v) is 19.2. The molecular weight excluding hydrogens is 420 g/mol. The lowest BCUT2D eigenvalue weighted by atomic mass is 9.98. The molecule has 1 amide bonds. The molecule has 32 heavy (non-hydrogen) atoms. The van der Waals surface area contributed by atoms with E-state index in [1.54, 1.807) is 18.4 Å². The molecule has 1 saturated heterocycles. The molecule has 0 bridgehead atoms. The molecule has 1 N–H and O–H groups in total. The second kappa shape index (κ2) is 11.3. The van der Waals surface area contributed by atoms with E-state index >= 15 is 0 Å². The lowest BCUT2D eigenvalue weighted by molar-refractivity contribution is -0.123. The van der Waals surface area contributed by atoms with E-state index < -0.39 is 0 Å². The van der Waals surface area contributed by atoms with Crippen LogP contribution >= 0.6 is 11.3 Å². The number of ether oxygens (including phenoxy) is 2. The summed E-state index contributed by atoms with van der Waals surface area (Å²) in [5.74, 6) is 0.801. The predicted octanol–water partition coefficient (Wildman–Crippen LogP) is 4.64. The number of thiophene rings is 1. The highest BCUT2D eigenvalue weighted by Gasteiger charge is 2.23. The quantitative estimate of drug-likeness (QED) is 0.489. The monoisotopic (exact) mass is 450 g/mol. The van der Waals surface area contributed by atoms with Crippen LogP contribution in [0.5, 0.6) is 5.75 Å². The molecule has 0 aliphatic carbocycles. The normalized spacial score (nSPS) is 16.8. The molecule has 5 nitrogen and oxygen atoms in total. The fraction of sp³-hybridized carbons (Fsp3) is 0.346. The molecule has 2 atom stereocenters. The summed E-state index contributed by atoms with van der Waals surface area (Å²) in [7, 11) is 1.65. The molecule has 3 aromatic rings. The van der Waals surface area contributed by atoms with Crippen LogP contribution < -0.4 is 10.1 Å². The second-order valence-electron chi connectivity index (χ2n) is 8.07. The van der Waals surface area contributed by atoms with E-state index in [0.29, 0.717) is 6.54 Å². The van der Waals surface area contributed by atoms with Crippen molar-refractivity contribution in [2.45, 2.75) is 31.5 Å². The van der Waals surface area contributed by atoms with Gasteiger partial charge in [-0.15, -0.1) is 11.3 Å². The van der Waals surface area contributed by atoms with Crippen molar-refractivity contribution in [2.75, 3.05) is 26.8 Å². The minimum absolute atomic E-state index is 0.00391. The van der Waals surface area contributed by atoms with Gasteiger partial charge in [-0.1, -0.05) is 48.5 Å². The second-order valence-corrected chi connectivity index (χ2v) is 9.10. The topological polar surface area (TPSA) is 50.8 Å². The third-order valence-corrected chi connectivity index (χ3v) is 6.56. The van der Waals surface area contributed by atoms with Gasteiger partial charge in [0, 0.05) is 24.6 Å². The summed E-state index contributed by atoms with van der Waals surface area (Å²) in [6.07, 6.45) is 2.35. The molecule has 168 valence electrons. The van der Waals surface area contributed by atoms with Gasteiger partial charge < -0.3 is 14.8 Å². The maximum atomic E-state index is 13.2. The number of nitrogens with one attached hydrogen (secondary N) is 1. The van der Waals surface area contributed by atoms with Crippen LogP contribution in [0.2, 0.25) is 0 Å². The first kappa shape index (κ1) is 22.5. The number of nitrogens with zero attached hydrogens (tertiary/aromatic N) is 1. The molecule has 6 heteroatoms. The van der Waals surface area contributed by atoms with E-state index in [4.69, 9.17) is 9.47 Å². The summed E-state index contributed by atoms with van der Waals surface area (Å²) < 4.78 is 11.1. The average molecular weight is 451 g/mol. The Labute approximate surface area is 194 Å². The first-order valence-corrected chi connectivity index (χ1v) is 11.9. The lowest BCUT2D eigenvalue weighted by Crippen LogP contribution is -2.41. The lowest BCUT2D eigenvalue weighted by Gasteiger charge is -2.26. The average Bonchev–Trinajstić information content (AvgIpc) is 3.53. The molecule has 0 radical (unpaired) electrons. The Bertz CT molecular complexity index is 955. The molecule has 4 rings (SSSR count). The highest BCUT2D eigenvalue weighted by Crippen LogP contribution is 2.24. The number of rotatable bonds is 10. The van der Waals surface area contributed by atoms with Gasteiger partial charge in [0.2, 0.25) is 5.91 Å². The molecule has 1 aliphatic heterocycles. The molecule has 1 fully saturated rings. The summed E-state index contributed by atoms with van der Waals surface area (Å²) in [5.41, 5.74) is 2.07. The zero-order valence-electron chi connectivity index (χ0n) is 18.4. The smallest absolute Gasteiger partial charge is 0.234 e. The van der Waals surface area contributed by atoms with E-state index in [-0.39, 0.29) is 18.1 Å². The fourth-order valence-electron chi connectivity index (χ4n) is 4.09. The summed E-state index contributed by atoms with van der Waals surface area (Å²) in [6.45, 7) is 2.67. The predicted molar refractivity (Wildman–Crippen MR) is 128 cm³/mol. The van der Waals surface area contributed by atoms with E-state index in [0.717, 1.165) is 49.4 Å². The van der Waals surface area contributed by atoms with Crippen LogP contribution in [-0.2, 0) is 16.1 Å². The van der Waals surface area contributed by atoms with Gasteiger partial charge in [-0.2, -0.15) is 0 Å². The maximum Gasteiger partial charge on any atom is 0.234 e. The van der Waals surface area contributed by atoms with Gasteiger partial charge in [-0.05, 0) is 47.5 Å². The van der Waals surface area contributed by atoms with Crippen LogP contribution in [0.4, 0.5) is 0 Å². The summed E-state index contributed by atoms with van der Waals surface area (Å²) in [5, 5.41) is 5.34. The SMILES string of the molecule is COc1ccc([C@H](NC(=O)CN(Cc2cccs2)C[C@@H]2CCCO2)c2ccccc2)cc1. The minimum Gasteiger partial charge on any atom is -0.497 e. The minimum atomic E-state index is -0.221. The van der Waals surface area contributed by atoms with Crippen molar-refractivity contribution in [3.8, 4) is 5.75 Å². The summed E-state index contributed by atoms with van der Waals surface area (Å²) in [6, 6.07) is 21.9. The van der Waals surface area contributed by atoms with Crippen molar-refractivity contribution in [1.29, 1.82) is 0 Å². The highest BCUT2D eigenvalue weighted by atomic mass is 32.1. The van der Waals surface area contributed by atoms with Crippen molar-refractivity contribution in [3.63, 3.8) is 0 Å². The number of benzene rings is 2. The number of hydrogen-bond acceptors (Lipinski definition) is 5. The van der Waals surface area contributed by atoms with Crippen LogP contribution in [0, 0.1) is 0 Å². The van der Waals surface area contributed by atoms with Crippen LogP contribution in [0.25, 0.3) is 0 Å². The number of hydrogen-bond donors (Lipinski definition) is 1. The number of amides is 1. The number of carbonyl (C=O) groups is 1. The third kappa shape index (κ3) is 6.19. The van der Waals surface area contributed by atoms with Crippen LogP contribution in [0.3, 0.4) is 0 Å². The van der Waals surface area contributed by atoms with E-state index in [9.17, 15) is 4.79 Å².